The quantitative estimate of drug-likeness (QED) is 0.815. The second kappa shape index (κ2) is 6.91. The van der Waals surface area contributed by atoms with Crippen molar-refractivity contribution in [2.45, 2.75) is 44.6 Å². The number of benzene rings is 1. The first-order valence-corrected chi connectivity index (χ1v) is 9.93. The van der Waals surface area contributed by atoms with Crippen LogP contribution in [0.1, 0.15) is 43.0 Å². The molecule has 1 saturated carbocycles. The molecule has 0 N–H and O–H groups in total. The fourth-order valence-electron chi connectivity index (χ4n) is 4.17. The Bertz CT molecular complexity index is 843. The third-order valence-corrected chi connectivity index (χ3v) is 5.83. The molecule has 2 aliphatic heterocycles. The molecule has 0 unspecified atom stereocenters. The van der Waals surface area contributed by atoms with Crippen LogP contribution in [0.4, 0.5) is 0 Å². The predicted octanol–water partition coefficient (Wildman–Crippen LogP) is 2.97. The summed E-state index contributed by atoms with van der Waals surface area (Å²) in [5, 5.41) is 0. The van der Waals surface area contributed by atoms with E-state index in [9.17, 15) is 4.79 Å². The molecule has 6 heteroatoms. The number of carbonyl (C=O) groups is 1. The van der Waals surface area contributed by atoms with Crippen LogP contribution in [-0.2, 0) is 17.8 Å². The molecule has 1 amide bonds. The maximum absolute atomic E-state index is 12.9. The molecule has 1 aromatic heterocycles. The topological polar surface area (TPSA) is 56.6 Å². The summed E-state index contributed by atoms with van der Waals surface area (Å²) in [6.07, 6.45) is 9.22. The molecule has 1 aromatic carbocycles. The Morgan fingerprint density at radius 1 is 1.19 bits per heavy atom. The first kappa shape index (κ1) is 16.7. The van der Waals surface area contributed by atoms with Crippen molar-refractivity contribution in [3.8, 4) is 11.5 Å². The lowest BCUT2D eigenvalue weighted by Crippen LogP contribution is -2.40. The van der Waals surface area contributed by atoms with Crippen molar-refractivity contribution in [1.82, 2.24) is 14.5 Å². The Morgan fingerprint density at radius 3 is 2.96 bits per heavy atom. The SMILES string of the molecule is O=C(Cc1ccc2c(c1)OCO2)N1CCC[C@@H](c2nccn2CC2CC2)C1. The minimum atomic E-state index is 0.180. The predicted molar refractivity (Wildman–Crippen MR) is 99.8 cm³/mol. The Labute approximate surface area is 159 Å². The van der Waals surface area contributed by atoms with Gasteiger partial charge < -0.3 is 18.9 Å². The average Bonchev–Trinajstić information content (AvgIpc) is 3.17. The van der Waals surface area contributed by atoms with Gasteiger partial charge in [-0.15, -0.1) is 0 Å². The largest absolute Gasteiger partial charge is 0.454 e. The first-order valence-electron chi connectivity index (χ1n) is 9.93. The van der Waals surface area contributed by atoms with Crippen LogP contribution >= 0.6 is 0 Å². The maximum atomic E-state index is 12.9. The van der Waals surface area contributed by atoms with Gasteiger partial charge in [0.25, 0.3) is 0 Å². The highest BCUT2D eigenvalue weighted by Gasteiger charge is 2.29. The van der Waals surface area contributed by atoms with E-state index in [1.807, 2.05) is 29.3 Å². The van der Waals surface area contributed by atoms with Crippen LogP contribution in [0, 0.1) is 5.92 Å². The standard InChI is InChI=1S/C21H25N3O3/c25-20(11-16-5-6-18-19(10-16)27-14-26-18)23-8-1-2-17(13-23)21-22-7-9-24(21)12-15-3-4-15/h5-7,9-10,15,17H,1-4,8,11-14H2/t17-/m1/s1. The van der Waals surface area contributed by atoms with Crippen LogP contribution in [0.3, 0.4) is 0 Å². The lowest BCUT2D eigenvalue weighted by atomic mass is 9.96. The van der Waals surface area contributed by atoms with Crippen LogP contribution in [0.2, 0.25) is 0 Å². The van der Waals surface area contributed by atoms with Crippen molar-refractivity contribution in [2.24, 2.45) is 5.92 Å². The number of aromatic nitrogens is 2. The summed E-state index contributed by atoms with van der Waals surface area (Å²) in [6, 6.07) is 5.76. The minimum Gasteiger partial charge on any atom is -0.454 e. The zero-order chi connectivity index (χ0) is 18.2. The van der Waals surface area contributed by atoms with Gasteiger partial charge in [-0.2, -0.15) is 0 Å². The lowest BCUT2D eigenvalue weighted by molar-refractivity contribution is -0.131. The third kappa shape index (κ3) is 3.53. The van der Waals surface area contributed by atoms with Crippen LogP contribution in [0.5, 0.6) is 11.5 Å². The van der Waals surface area contributed by atoms with Crippen molar-refractivity contribution in [3.05, 3.63) is 42.0 Å². The molecule has 3 aliphatic rings. The van der Waals surface area contributed by atoms with Crippen molar-refractivity contribution in [2.75, 3.05) is 19.9 Å². The summed E-state index contributed by atoms with van der Waals surface area (Å²) in [5.74, 6) is 3.99. The van der Waals surface area contributed by atoms with E-state index >= 15 is 0 Å². The van der Waals surface area contributed by atoms with Crippen LogP contribution in [0.25, 0.3) is 0 Å². The van der Waals surface area contributed by atoms with Crippen LogP contribution in [0.15, 0.2) is 30.6 Å². The number of likely N-dealkylation sites (tertiary alicyclic amines) is 1. The smallest absolute Gasteiger partial charge is 0.231 e. The molecule has 1 atom stereocenters. The first-order chi connectivity index (χ1) is 13.3. The van der Waals surface area contributed by atoms with Gasteiger partial charge in [0.1, 0.15) is 5.82 Å². The number of imidazole rings is 1. The highest BCUT2D eigenvalue weighted by atomic mass is 16.7. The van der Waals surface area contributed by atoms with Gasteiger partial charge >= 0.3 is 0 Å². The van der Waals surface area contributed by atoms with Crippen LogP contribution < -0.4 is 9.47 Å². The molecule has 142 valence electrons. The second-order valence-corrected chi connectivity index (χ2v) is 7.92. The molecule has 3 heterocycles. The molecule has 0 radical (unpaired) electrons. The second-order valence-electron chi connectivity index (χ2n) is 7.92. The van der Waals surface area contributed by atoms with E-state index in [0.717, 1.165) is 61.3 Å². The Hall–Kier alpha value is -2.50. The number of carbonyl (C=O) groups excluding carboxylic acids is 1. The van der Waals surface area contributed by atoms with Gasteiger partial charge in [0, 0.05) is 37.9 Å². The summed E-state index contributed by atoms with van der Waals surface area (Å²) in [5.41, 5.74) is 0.974. The average molecular weight is 367 g/mol. The monoisotopic (exact) mass is 367 g/mol. The number of amides is 1. The van der Waals surface area contributed by atoms with E-state index < -0.39 is 0 Å². The Morgan fingerprint density at radius 2 is 2.07 bits per heavy atom. The summed E-state index contributed by atoms with van der Waals surface area (Å²) < 4.78 is 13.1. The number of fused-ring (bicyclic) bond motifs is 1. The molecule has 1 aliphatic carbocycles. The van der Waals surface area contributed by atoms with Crippen molar-refractivity contribution >= 4 is 5.91 Å². The van der Waals surface area contributed by atoms with E-state index in [-0.39, 0.29) is 12.7 Å². The van der Waals surface area contributed by atoms with E-state index in [1.165, 1.54) is 12.8 Å². The number of piperidine rings is 1. The Balaban J connectivity index is 1.25. The lowest BCUT2D eigenvalue weighted by Gasteiger charge is -2.33. The van der Waals surface area contributed by atoms with E-state index in [0.29, 0.717) is 12.3 Å². The number of ether oxygens (including phenoxy) is 2. The maximum Gasteiger partial charge on any atom is 0.231 e. The summed E-state index contributed by atoms with van der Waals surface area (Å²) in [6.45, 7) is 2.94. The summed E-state index contributed by atoms with van der Waals surface area (Å²) >= 11 is 0. The zero-order valence-electron chi connectivity index (χ0n) is 15.5. The molecule has 2 aromatic rings. The minimum absolute atomic E-state index is 0.180. The van der Waals surface area contributed by atoms with Gasteiger partial charge in [0.15, 0.2) is 11.5 Å². The fourth-order valence-corrected chi connectivity index (χ4v) is 4.17. The molecule has 0 bridgehead atoms. The number of hydrogen-bond donors (Lipinski definition) is 0. The summed E-state index contributed by atoms with van der Waals surface area (Å²) in [7, 11) is 0. The number of nitrogens with zero attached hydrogens (tertiary/aromatic N) is 3. The number of hydrogen-bond acceptors (Lipinski definition) is 4. The van der Waals surface area contributed by atoms with Crippen molar-refractivity contribution in [3.63, 3.8) is 0 Å². The normalized spacial score (nSPS) is 21.5. The van der Waals surface area contributed by atoms with Crippen molar-refractivity contribution < 1.29 is 14.3 Å². The third-order valence-electron chi connectivity index (χ3n) is 5.83. The van der Waals surface area contributed by atoms with Crippen LogP contribution in [-0.4, -0.2) is 40.2 Å². The molecular weight excluding hydrogens is 342 g/mol. The summed E-state index contributed by atoms with van der Waals surface area (Å²) in [4.78, 5) is 19.5. The number of rotatable bonds is 5. The van der Waals surface area contributed by atoms with Gasteiger partial charge in [-0.3, -0.25) is 4.79 Å². The molecular formula is C21H25N3O3. The molecule has 2 fully saturated rings. The highest BCUT2D eigenvalue weighted by molar-refractivity contribution is 5.79. The molecule has 6 nitrogen and oxygen atoms in total. The molecule has 5 rings (SSSR count). The van der Waals surface area contributed by atoms with E-state index in [2.05, 4.69) is 15.7 Å². The fraction of sp³-hybridized carbons (Fsp3) is 0.524. The van der Waals surface area contributed by atoms with Gasteiger partial charge in [-0.05, 0) is 49.3 Å². The van der Waals surface area contributed by atoms with Gasteiger partial charge in [-0.25, -0.2) is 4.98 Å². The van der Waals surface area contributed by atoms with Gasteiger partial charge in [-0.1, -0.05) is 6.07 Å². The van der Waals surface area contributed by atoms with Gasteiger partial charge in [0.2, 0.25) is 12.7 Å². The Kier molecular flexibility index (Phi) is 4.26. The van der Waals surface area contributed by atoms with Crippen molar-refractivity contribution in [1.29, 1.82) is 0 Å². The molecule has 27 heavy (non-hydrogen) atoms. The highest BCUT2D eigenvalue weighted by Crippen LogP contribution is 2.34. The zero-order valence-corrected chi connectivity index (χ0v) is 15.5. The molecule has 0 spiro atoms. The van der Waals surface area contributed by atoms with E-state index in [1.54, 1.807) is 0 Å². The van der Waals surface area contributed by atoms with Gasteiger partial charge in [0.05, 0.1) is 6.42 Å². The van der Waals surface area contributed by atoms with E-state index in [4.69, 9.17) is 9.47 Å². The molecule has 1 saturated heterocycles.